The Morgan fingerprint density at radius 1 is 0.929 bits per heavy atom. The number of ether oxygens (including phenoxy) is 2. The molecule has 0 spiro atoms. The van der Waals surface area contributed by atoms with Gasteiger partial charge >= 0.3 is 5.97 Å². The fraction of sp³-hybridized carbons (Fsp3) is 0.261. The van der Waals surface area contributed by atoms with Crippen molar-refractivity contribution in [2.24, 2.45) is 0 Å². The van der Waals surface area contributed by atoms with Crippen molar-refractivity contribution in [1.82, 2.24) is 4.90 Å². The molecule has 5 nitrogen and oxygen atoms in total. The number of carbonyl (C=O) groups is 1. The molecule has 0 bridgehead atoms. The number of furan rings is 1. The molecule has 0 N–H and O–H groups in total. The molecule has 3 rings (SSSR count). The van der Waals surface area contributed by atoms with Crippen LogP contribution in [0.3, 0.4) is 0 Å². The molecule has 2 aromatic carbocycles. The van der Waals surface area contributed by atoms with Crippen molar-refractivity contribution in [3.8, 4) is 0 Å². The van der Waals surface area contributed by atoms with Crippen LogP contribution in [0.25, 0.3) is 0 Å². The predicted molar refractivity (Wildman–Crippen MR) is 107 cm³/mol. The molecule has 0 radical (unpaired) electrons. The monoisotopic (exact) mass is 379 g/mol. The van der Waals surface area contributed by atoms with E-state index in [1.165, 1.54) is 0 Å². The first kappa shape index (κ1) is 19.9. The second kappa shape index (κ2) is 9.35. The third kappa shape index (κ3) is 4.50. The molecular weight excluding hydrogens is 354 g/mol. The molecule has 0 aliphatic rings. The smallest absolute Gasteiger partial charge is 0.347 e. The van der Waals surface area contributed by atoms with Crippen molar-refractivity contribution in [1.29, 1.82) is 0 Å². The van der Waals surface area contributed by atoms with Crippen LogP contribution in [-0.4, -0.2) is 38.1 Å². The minimum Gasteiger partial charge on any atom is -0.467 e. The molecule has 0 saturated carbocycles. The van der Waals surface area contributed by atoms with Crippen LogP contribution in [0.15, 0.2) is 83.5 Å². The van der Waals surface area contributed by atoms with Gasteiger partial charge in [0, 0.05) is 6.54 Å². The van der Waals surface area contributed by atoms with Gasteiger partial charge in [0.2, 0.25) is 5.60 Å². The SMILES string of the molecule is CN(C)CCOC(=O)C(OCc1ccco1)(c1ccccc1)c1ccccc1. The van der Waals surface area contributed by atoms with E-state index in [1.807, 2.05) is 85.7 Å². The van der Waals surface area contributed by atoms with E-state index in [4.69, 9.17) is 13.9 Å². The van der Waals surface area contributed by atoms with Crippen molar-refractivity contribution in [3.63, 3.8) is 0 Å². The number of esters is 1. The van der Waals surface area contributed by atoms with Gasteiger partial charge in [-0.2, -0.15) is 0 Å². The molecule has 0 aliphatic heterocycles. The standard InChI is InChI=1S/C23H25NO4/c1-24(2)15-17-27-22(25)23(19-10-5-3-6-11-19,20-12-7-4-8-13-20)28-18-21-14-9-16-26-21/h3-14,16H,15,17-18H2,1-2H3. The number of benzene rings is 2. The maximum atomic E-state index is 13.4. The topological polar surface area (TPSA) is 51.9 Å². The molecule has 1 aromatic heterocycles. The van der Waals surface area contributed by atoms with Crippen molar-refractivity contribution < 1.29 is 18.7 Å². The average molecular weight is 379 g/mol. The first-order chi connectivity index (χ1) is 13.6. The van der Waals surface area contributed by atoms with E-state index in [9.17, 15) is 4.79 Å². The van der Waals surface area contributed by atoms with Gasteiger partial charge in [0.1, 0.15) is 19.0 Å². The minimum atomic E-state index is -1.39. The highest BCUT2D eigenvalue weighted by molar-refractivity contribution is 5.85. The lowest BCUT2D eigenvalue weighted by Gasteiger charge is -2.32. The molecule has 0 aliphatic carbocycles. The summed E-state index contributed by atoms with van der Waals surface area (Å²) in [5.41, 5.74) is 0.0342. The van der Waals surface area contributed by atoms with Crippen molar-refractivity contribution in [2.75, 3.05) is 27.2 Å². The van der Waals surface area contributed by atoms with Gasteiger partial charge < -0.3 is 18.8 Å². The lowest BCUT2D eigenvalue weighted by molar-refractivity contribution is -0.171. The average Bonchev–Trinajstić information content (AvgIpc) is 3.23. The first-order valence-corrected chi connectivity index (χ1v) is 9.22. The van der Waals surface area contributed by atoms with Gasteiger partial charge in [0.05, 0.1) is 6.26 Å². The Balaban J connectivity index is 2.01. The molecule has 28 heavy (non-hydrogen) atoms. The molecule has 0 atom stereocenters. The summed E-state index contributed by atoms with van der Waals surface area (Å²) < 4.78 is 17.4. The lowest BCUT2D eigenvalue weighted by Crippen LogP contribution is -2.42. The van der Waals surface area contributed by atoms with Gasteiger partial charge in [0.15, 0.2) is 0 Å². The maximum Gasteiger partial charge on any atom is 0.347 e. The van der Waals surface area contributed by atoms with Crippen LogP contribution >= 0.6 is 0 Å². The van der Waals surface area contributed by atoms with E-state index in [0.29, 0.717) is 23.4 Å². The summed E-state index contributed by atoms with van der Waals surface area (Å²) in [7, 11) is 3.87. The van der Waals surface area contributed by atoms with Crippen molar-refractivity contribution >= 4 is 5.97 Å². The first-order valence-electron chi connectivity index (χ1n) is 9.22. The zero-order valence-corrected chi connectivity index (χ0v) is 16.2. The Labute approximate surface area is 165 Å². The van der Waals surface area contributed by atoms with Crippen LogP contribution < -0.4 is 0 Å². The molecule has 0 fully saturated rings. The molecule has 5 heteroatoms. The molecule has 3 aromatic rings. The normalized spacial score (nSPS) is 11.5. The third-order valence-corrected chi connectivity index (χ3v) is 4.43. The van der Waals surface area contributed by atoms with E-state index < -0.39 is 11.6 Å². The van der Waals surface area contributed by atoms with Gasteiger partial charge in [-0.25, -0.2) is 4.79 Å². The van der Waals surface area contributed by atoms with Crippen LogP contribution in [0.1, 0.15) is 16.9 Å². The van der Waals surface area contributed by atoms with E-state index in [0.717, 1.165) is 0 Å². The summed E-state index contributed by atoms with van der Waals surface area (Å²) in [6.07, 6.45) is 1.58. The van der Waals surface area contributed by atoms with Crippen molar-refractivity contribution in [2.45, 2.75) is 12.2 Å². The Kier molecular flexibility index (Phi) is 6.63. The van der Waals surface area contributed by atoms with Crippen LogP contribution in [0.4, 0.5) is 0 Å². The molecule has 0 amide bonds. The summed E-state index contributed by atoms with van der Waals surface area (Å²) in [4.78, 5) is 15.4. The number of carbonyl (C=O) groups excluding carboxylic acids is 1. The Bertz CT molecular complexity index is 805. The summed E-state index contributed by atoms with van der Waals surface area (Å²) in [5.74, 6) is 0.190. The summed E-state index contributed by atoms with van der Waals surface area (Å²) >= 11 is 0. The quantitative estimate of drug-likeness (QED) is 0.529. The van der Waals surface area contributed by atoms with Crippen LogP contribution in [0.5, 0.6) is 0 Å². The highest BCUT2D eigenvalue weighted by Gasteiger charge is 2.45. The summed E-state index contributed by atoms with van der Waals surface area (Å²) in [6.45, 7) is 1.04. The van der Waals surface area contributed by atoms with E-state index in [2.05, 4.69) is 0 Å². The van der Waals surface area contributed by atoms with Crippen LogP contribution in [0.2, 0.25) is 0 Å². The van der Waals surface area contributed by atoms with E-state index >= 15 is 0 Å². The maximum absolute atomic E-state index is 13.4. The Morgan fingerprint density at radius 3 is 2.04 bits per heavy atom. The number of nitrogens with zero attached hydrogens (tertiary/aromatic N) is 1. The Hall–Kier alpha value is -2.89. The van der Waals surface area contributed by atoms with Gasteiger partial charge in [-0.1, -0.05) is 60.7 Å². The number of hydrogen-bond donors (Lipinski definition) is 0. The van der Waals surface area contributed by atoms with Gasteiger partial charge in [-0.05, 0) is 37.4 Å². The van der Waals surface area contributed by atoms with Crippen LogP contribution in [-0.2, 0) is 26.5 Å². The summed E-state index contributed by atoms with van der Waals surface area (Å²) in [6, 6.07) is 22.5. The zero-order valence-electron chi connectivity index (χ0n) is 16.2. The van der Waals surface area contributed by atoms with Crippen LogP contribution in [0, 0.1) is 0 Å². The molecular formula is C23H25NO4. The molecule has 0 unspecified atom stereocenters. The van der Waals surface area contributed by atoms with Gasteiger partial charge in [-0.15, -0.1) is 0 Å². The zero-order chi connectivity index (χ0) is 19.8. The highest BCUT2D eigenvalue weighted by atomic mass is 16.6. The highest BCUT2D eigenvalue weighted by Crippen LogP contribution is 2.36. The van der Waals surface area contributed by atoms with E-state index in [1.54, 1.807) is 12.3 Å². The summed E-state index contributed by atoms with van der Waals surface area (Å²) in [5, 5.41) is 0. The molecule has 1 heterocycles. The van der Waals surface area contributed by atoms with Gasteiger partial charge in [0.25, 0.3) is 0 Å². The minimum absolute atomic E-state index is 0.138. The van der Waals surface area contributed by atoms with Crippen molar-refractivity contribution in [3.05, 3.63) is 95.9 Å². The molecule has 0 saturated heterocycles. The lowest BCUT2D eigenvalue weighted by atomic mass is 9.86. The van der Waals surface area contributed by atoms with E-state index in [-0.39, 0.29) is 13.2 Å². The predicted octanol–water partition coefficient (Wildman–Crippen LogP) is 3.84. The fourth-order valence-corrected chi connectivity index (χ4v) is 2.97. The second-order valence-electron chi connectivity index (χ2n) is 6.72. The number of likely N-dealkylation sites (N-methyl/N-ethyl adjacent to an activating group) is 1. The molecule has 146 valence electrons. The fourth-order valence-electron chi connectivity index (χ4n) is 2.97. The Morgan fingerprint density at radius 2 is 1.54 bits per heavy atom. The number of hydrogen-bond acceptors (Lipinski definition) is 5. The second-order valence-corrected chi connectivity index (χ2v) is 6.72. The van der Waals surface area contributed by atoms with Gasteiger partial charge in [-0.3, -0.25) is 0 Å². The largest absolute Gasteiger partial charge is 0.467 e. The number of rotatable bonds is 9. The third-order valence-electron chi connectivity index (χ3n) is 4.43.